The first kappa shape index (κ1) is 14.2. The van der Waals surface area contributed by atoms with Crippen LogP contribution in [0.4, 0.5) is 0 Å². The number of aliphatic hydroxyl groups excluding tert-OH is 2. The monoisotopic (exact) mass is 288 g/mol. The number of halogens is 1. The van der Waals surface area contributed by atoms with Gasteiger partial charge in [-0.05, 0) is 18.0 Å². The van der Waals surface area contributed by atoms with E-state index in [1.54, 1.807) is 4.90 Å². The van der Waals surface area contributed by atoms with E-state index in [1.807, 2.05) is 0 Å². The van der Waals surface area contributed by atoms with E-state index < -0.39 is 6.10 Å². The van der Waals surface area contributed by atoms with Gasteiger partial charge in [0.15, 0.2) is 0 Å². The lowest BCUT2D eigenvalue weighted by Gasteiger charge is -2.35. The van der Waals surface area contributed by atoms with Crippen molar-refractivity contribution in [1.82, 2.24) is 20.1 Å². The smallest absolute Gasteiger partial charge is 0.242 e. The lowest BCUT2D eigenvalue weighted by Crippen LogP contribution is -2.47. The van der Waals surface area contributed by atoms with Crippen molar-refractivity contribution in [1.29, 1.82) is 0 Å². The third-order valence-electron chi connectivity index (χ3n) is 3.39. The van der Waals surface area contributed by atoms with E-state index >= 15 is 0 Å². The molecule has 2 rings (SSSR count). The first-order chi connectivity index (χ1) is 9.10. The fraction of sp³-hybridized carbons (Fsp3) is 0.727. The van der Waals surface area contributed by atoms with Crippen molar-refractivity contribution in [3.63, 3.8) is 0 Å². The Morgan fingerprint density at radius 1 is 1.58 bits per heavy atom. The second kappa shape index (κ2) is 6.31. The molecule has 0 aliphatic carbocycles. The molecule has 0 spiro atoms. The van der Waals surface area contributed by atoms with Crippen LogP contribution in [0.15, 0.2) is 0 Å². The first-order valence-corrected chi connectivity index (χ1v) is 6.61. The third-order valence-corrected chi connectivity index (χ3v) is 3.56. The molecule has 0 aromatic carbocycles. The number of amides is 1. The van der Waals surface area contributed by atoms with Crippen molar-refractivity contribution in [3.8, 4) is 0 Å². The molecule has 19 heavy (non-hydrogen) atoms. The molecule has 7 nitrogen and oxygen atoms in total. The summed E-state index contributed by atoms with van der Waals surface area (Å²) in [6.07, 6.45) is 0.705. The van der Waals surface area contributed by atoms with Crippen molar-refractivity contribution in [2.75, 3.05) is 19.7 Å². The molecule has 1 aromatic rings. The Kier molecular flexibility index (Phi) is 4.73. The number of piperidine rings is 1. The molecule has 1 aromatic heterocycles. The van der Waals surface area contributed by atoms with E-state index in [2.05, 4.69) is 15.2 Å². The van der Waals surface area contributed by atoms with E-state index in [-0.39, 0.29) is 30.3 Å². The molecule has 2 atom stereocenters. The van der Waals surface area contributed by atoms with Crippen LogP contribution < -0.4 is 0 Å². The highest BCUT2D eigenvalue weighted by Gasteiger charge is 2.29. The molecule has 8 heteroatoms. The Morgan fingerprint density at radius 3 is 2.95 bits per heavy atom. The zero-order valence-corrected chi connectivity index (χ0v) is 11.2. The molecule has 3 N–H and O–H groups in total. The summed E-state index contributed by atoms with van der Waals surface area (Å²) in [4.78, 5) is 17.5. The minimum absolute atomic E-state index is 0.0389. The van der Waals surface area contributed by atoms with Crippen LogP contribution in [0.5, 0.6) is 0 Å². The van der Waals surface area contributed by atoms with Crippen molar-refractivity contribution in [2.45, 2.75) is 25.4 Å². The van der Waals surface area contributed by atoms with Gasteiger partial charge in [0, 0.05) is 38.5 Å². The average molecular weight is 289 g/mol. The van der Waals surface area contributed by atoms with E-state index in [0.717, 1.165) is 0 Å². The highest BCUT2D eigenvalue weighted by Crippen LogP contribution is 2.18. The molecule has 2 heterocycles. The minimum Gasteiger partial charge on any atom is -0.396 e. The van der Waals surface area contributed by atoms with Crippen LogP contribution in [0, 0.1) is 5.92 Å². The summed E-state index contributed by atoms with van der Waals surface area (Å²) >= 11 is 5.57. The van der Waals surface area contributed by atoms with Crippen molar-refractivity contribution < 1.29 is 15.0 Å². The van der Waals surface area contributed by atoms with Crippen molar-refractivity contribution in [2.24, 2.45) is 5.92 Å². The van der Waals surface area contributed by atoms with Gasteiger partial charge >= 0.3 is 0 Å². The fourth-order valence-corrected chi connectivity index (χ4v) is 2.33. The quantitative estimate of drug-likeness (QED) is 0.699. The first-order valence-electron chi connectivity index (χ1n) is 6.23. The average Bonchev–Trinajstić information content (AvgIpc) is 2.81. The summed E-state index contributed by atoms with van der Waals surface area (Å²) in [5.41, 5.74) is 0. The zero-order chi connectivity index (χ0) is 13.8. The number of nitrogens with one attached hydrogen (secondary N) is 1. The van der Waals surface area contributed by atoms with Gasteiger partial charge in [-0.3, -0.25) is 9.89 Å². The number of β-amino-alcohol motifs (C(OH)–C–C–N with tert-alkyl or cyclic N) is 1. The van der Waals surface area contributed by atoms with Crippen LogP contribution in [0.1, 0.15) is 18.7 Å². The largest absolute Gasteiger partial charge is 0.396 e. The molecule has 0 bridgehead atoms. The standard InChI is InChI=1S/C11H17ClN4O3/c12-11-13-9(14-15-11)1-2-10(19)16-4-3-7(6-17)8(18)5-16/h7-8,17-18H,1-6H2,(H,13,14,15)/t7-,8-/m1/s1. The van der Waals surface area contributed by atoms with Gasteiger partial charge in [-0.15, -0.1) is 5.10 Å². The predicted octanol–water partition coefficient (Wildman–Crippen LogP) is -0.408. The summed E-state index contributed by atoms with van der Waals surface area (Å²) in [6.45, 7) is 0.805. The molecule has 1 aliphatic rings. The van der Waals surface area contributed by atoms with E-state index in [9.17, 15) is 9.90 Å². The SMILES string of the molecule is O=C(CCc1nc(Cl)n[nH]1)N1CC[C@H](CO)[C@H](O)C1. The molecule has 0 unspecified atom stereocenters. The van der Waals surface area contributed by atoms with E-state index in [4.69, 9.17) is 16.7 Å². The number of likely N-dealkylation sites (tertiary alicyclic amines) is 1. The number of hydrogen-bond acceptors (Lipinski definition) is 5. The van der Waals surface area contributed by atoms with Gasteiger partial charge in [0.05, 0.1) is 6.10 Å². The van der Waals surface area contributed by atoms with Crippen LogP contribution in [0.25, 0.3) is 0 Å². The van der Waals surface area contributed by atoms with Crippen LogP contribution >= 0.6 is 11.6 Å². The number of rotatable bonds is 4. The zero-order valence-electron chi connectivity index (χ0n) is 10.4. The maximum Gasteiger partial charge on any atom is 0.242 e. The van der Waals surface area contributed by atoms with Gasteiger partial charge < -0.3 is 15.1 Å². The van der Waals surface area contributed by atoms with Gasteiger partial charge in [0.2, 0.25) is 11.2 Å². The number of carbonyl (C=O) groups excluding carboxylic acids is 1. The number of aromatic amines is 1. The van der Waals surface area contributed by atoms with Crippen molar-refractivity contribution in [3.05, 3.63) is 11.1 Å². The Labute approximate surface area is 115 Å². The van der Waals surface area contributed by atoms with Crippen molar-refractivity contribution >= 4 is 17.5 Å². The Hall–Kier alpha value is -1.18. The molecule has 106 valence electrons. The van der Waals surface area contributed by atoms with Gasteiger partial charge in [-0.2, -0.15) is 0 Å². The summed E-state index contributed by atoms with van der Waals surface area (Å²) in [6, 6.07) is 0. The van der Waals surface area contributed by atoms with Gasteiger partial charge in [-0.25, -0.2) is 4.98 Å². The number of hydrogen-bond donors (Lipinski definition) is 3. The molecular formula is C11H17ClN4O3. The maximum atomic E-state index is 12.0. The summed E-state index contributed by atoms with van der Waals surface area (Å²) in [5, 5.41) is 25.3. The minimum atomic E-state index is -0.651. The second-order valence-corrected chi connectivity index (χ2v) is 5.03. The Balaban J connectivity index is 1.80. The van der Waals surface area contributed by atoms with Crippen LogP contribution in [0.2, 0.25) is 5.28 Å². The summed E-state index contributed by atoms with van der Waals surface area (Å²) in [7, 11) is 0. The number of carbonyl (C=O) groups is 1. The predicted molar refractivity (Wildman–Crippen MR) is 67.5 cm³/mol. The second-order valence-electron chi connectivity index (χ2n) is 4.69. The summed E-state index contributed by atoms with van der Waals surface area (Å²) < 4.78 is 0. The molecule has 0 saturated carbocycles. The van der Waals surface area contributed by atoms with Crippen LogP contribution in [-0.2, 0) is 11.2 Å². The van der Waals surface area contributed by atoms with E-state index in [1.165, 1.54) is 0 Å². The number of H-pyrrole nitrogens is 1. The Morgan fingerprint density at radius 2 is 2.37 bits per heavy atom. The molecule has 0 radical (unpaired) electrons. The molecular weight excluding hydrogens is 272 g/mol. The molecule has 1 saturated heterocycles. The normalized spacial score (nSPS) is 23.6. The Bertz CT molecular complexity index is 439. The number of aromatic nitrogens is 3. The number of aliphatic hydroxyl groups is 2. The van der Waals surface area contributed by atoms with Crippen LogP contribution in [-0.4, -0.2) is 62.0 Å². The van der Waals surface area contributed by atoms with Crippen LogP contribution in [0.3, 0.4) is 0 Å². The topological polar surface area (TPSA) is 102 Å². The molecule has 1 amide bonds. The number of aryl methyl sites for hydroxylation is 1. The lowest BCUT2D eigenvalue weighted by atomic mass is 9.94. The highest BCUT2D eigenvalue weighted by atomic mass is 35.5. The van der Waals surface area contributed by atoms with Gasteiger partial charge in [-0.1, -0.05) is 0 Å². The lowest BCUT2D eigenvalue weighted by molar-refractivity contribution is -0.136. The fourth-order valence-electron chi connectivity index (χ4n) is 2.19. The summed E-state index contributed by atoms with van der Waals surface area (Å²) in [5.74, 6) is 0.407. The number of nitrogens with zero attached hydrogens (tertiary/aromatic N) is 3. The van der Waals surface area contributed by atoms with Gasteiger partial charge in [0.25, 0.3) is 0 Å². The highest BCUT2D eigenvalue weighted by molar-refractivity contribution is 6.28. The van der Waals surface area contributed by atoms with E-state index in [0.29, 0.717) is 31.6 Å². The third kappa shape index (κ3) is 3.65. The molecule has 1 fully saturated rings. The maximum absolute atomic E-state index is 12.0. The van der Waals surface area contributed by atoms with Gasteiger partial charge in [0.1, 0.15) is 5.82 Å². The molecule has 1 aliphatic heterocycles.